The Morgan fingerprint density at radius 1 is 1.53 bits per heavy atom. The summed E-state index contributed by atoms with van der Waals surface area (Å²) >= 11 is 5.66. The van der Waals surface area contributed by atoms with Gasteiger partial charge in [-0.3, -0.25) is 9.59 Å². The molecule has 1 aromatic rings. The number of H-pyrrole nitrogens is 1. The molecule has 6 nitrogen and oxygen atoms in total. The zero-order valence-corrected chi connectivity index (χ0v) is 11.8. The molecule has 2 rings (SSSR count). The summed E-state index contributed by atoms with van der Waals surface area (Å²) in [4.78, 5) is 27.0. The number of aromatic amines is 1. The van der Waals surface area contributed by atoms with Gasteiger partial charge < -0.3 is 9.88 Å². The van der Waals surface area contributed by atoms with Crippen molar-refractivity contribution in [2.45, 2.75) is 12.5 Å². The Labute approximate surface area is 115 Å². The standard InChI is InChI=1S/C11H13ClN2O4S/c1-14(8-2-3-19(17,18)6-8)11(16)7-4-9(12)10(15)13-5-7/h4-5,8H,2-3,6H2,1H3,(H,13,15). The zero-order chi connectivity index (χ0) is 14.2. The van der Waals surface area contributed by atoms with Crippen LogP contribution in [0.5, 0.6) is 0 Å². The number of pyridine rings is 1. The van der Waals surface area contributed by atoms with Crippen molar-refractivity contribution in [2.24, 2.45) is 0 Å². The number of aromatic nitrogens is 1. The van der Waals surface area contributed by atoms with Crippen LogP contribution in [0.25, 0.3) is 0 Å². The normalized spacial score (nSPS) is 21.3. The average Bonchev–Trinajstić information content (AvgIpc) is 2.71. The molecule has 0 aromatic carbocycles. The van der Waals surface area contributed by atoms with E-state index in [0.29, 0.717) is 6.42 Å². The highest BCUT2D eigenvalue weighted by Crippen LogP contribution is 2.18. The third kappa shape index (κ3) is 2.98. The lowest BCUT2D eigenvalue weighted by Crippen LogP contribution is -2.38. The maximum absolute atomic E-state index is 12.2. The molecule has 1 N–H and O–H groups in total. The summed E-state index contributed by atoms with van der Waals surface area (Å²) in [6, 6.07) is 0.950. The van der Waals surface area contributed by atoms with E-state index in [1.807, 2.05) is 0 Å². The van der Waals surface area contributed by atoms with Crippen molar-refractivity contribution in [1.29, 1.82) is 0 Å². The maximum Gasteiger partial charge on any atom is 0.266 e. The van der Waals surface area contributed by atoms with E-state index >= 15 is 0 Å². The first-order valence-corrected chi connectivity index (χ1v) is 7.86. The number of hydrogen-bond donors (Lipinski definition) is 1. The third-order valence-electron chi connectivity index (χ3n) is 3.18. The molecule has 1 fully saturated rings. The molecule has 0 saturated carbocycles. The lowest BCUT2D eigenvalue weighted by Gasteiger charge is -2.23. The number of sulfone groups is 1. The number of amides is 1. The molecular weight excluding hydrogens is 292 g/mol. The maximum atomic E-state index is 12.2. The predicted molar refractivity (Wildman–Crippen MR) is 71.2 cm³/mol. The minimum absolute atomic E-state index is 0.0215. The first-order valence-electron chi connectivity index (χ1n) is 5.66. The summed E-state index contributed by atoms with van der Waals surface area (Å²) in [5.74, 6) is -0.284. The number of nitrogens with zero attached hydrogens (tertiary/aromatic N) is 1. The van der Waals surface area contributed by atoms with Gasteiger partial charge in [-0.25, -0.2) is 8.42 Å². The SMILES string of the molecule is CN(C(=O)c1c[nH]c(=O)c(Cl)c1)C1CCS(=O)(=O)C1. The molecule has 1 aliphatic heterocycles. The number of carbonyl (C=O) groups excluding carboxylic acids is 1. The molecule has 0 radical (unpaired) electrons. The van der Waals surface area contributed by atoms with Gasteiger partial charge in [-0.2, -0.15) is 0 Å². The second-order valence-corrected chi connectivity index (χ2v) is 7.17. The number of rotatable bonds is 2. The third-order valence-corrected chi connectivity index (χ3v) is 5.21. The largest absolute Gasteiger partial charge is 0.338 e. The van der Waals surface area contributed by atoms with E-state index in [9.17, 15) is 18.0 Å². The van der Waals surface area contributed by atoms with E-state index in [1.54, 1.807) is 7.05 Å². The van der Waals surface area contributed by atoms with Crippen molar-refractivity contribution in [3.05, 3.63) is 33.2 Å². The smallest absolute Gasteiger partial charge is 0.266 e. The van der Waals surface area contributed by atoms with Crippen LogP contribution in [0.4, 0.5) is 0 Å². The van der Waals surface area contributed by atoms with E-state index in [2.05, 4.69) is 4.98 Å². The molecule has 1 unspecified atom stereocenters. The summed E-state index contributed by atoms with van der Waals surface area (Å²) in [5, 5.41) is -0.0710. The van der Waals surface area contributed by atoms with Crippen LogP contribution in [-0.4, -0.2) is 48.8 Å². The molecule has 0 aliphatic carbocycles. The van der Waals surface area contributed by atoms with Crippen LogP contribution in [0, 0.1) is 0 Å². The van der Waals surface area contributed by atoms with E-state index in [-0.39, 0.29) is 34.0 Å². The van der Waals surface area contributed by atoms with Crippen molar-refractivity contribution in [3.63, 3.8) is 0 Å². The van der Waals surface area contributed by atoms with Crippen LogP contribution in [0.15, 0.2) is 17.1 Å². The van der Waals surface area contributed by atoms with Crippen LogP contribution in [0.1, 0.15) is 16.8 Å². The quantitative estimate of drug-likeness (QED) is 0.850. The van der Waals surface area contributed by atoms with Gasteiger partial charge in [0.25, 0.3) is 11.5 Å². The first kappa shape index (κ1) is 14.1. The minimum Gasteiger partial charge on any atom is -0.338 e. The van der Waals surface area contributed by atoms with Gasteiger partial charge in [-0.1, -0.05) is 11.6 Å². The Kier molecular flexibility index (Phi) is 3.69. The molecule has 1 amide bonds. The fourth-order valence-corrected chi connectivity index (χ4v) is 3.98. The molecule has 1 atom stereocenters. The van der Waals surface area contributed by atoms with Crippen LogP contribution >= 0.6 is 11.6 Å². The Bertz CT molecular complexity index is 668. The summed E-state index contributed by atoms with van der Waals surface area (Å²) in [5.41, 5.74) is -0.235. The molecular formula is C11H13ClN2O4S. The monoisotopic (exact) mass is 304 g/mol. The Balaban J connectivity index is 2.20. The van der Waals surface area contributed by atoms with Gasteiger partial charge in [-0.15, -0.1) is 0 Å². The molecule has 1 saturated heterocycles. The molecule has 0 spiro atoms. The lowest BCUT2D eigenvalue weighted by atomic mass is 10.2. The first-order chi connectivity index (χ1) is 8.80. The van der Waals surface area contributed by atoms with Gasteiger partial charge in [0.2, 0.25) is 0 Å². The van der Waals surface area contributed by atoms with Crippen LogP contribution in [0.2, 0.25) is 5.02 Å². The predicted octanol–water partition coefficient (Wildman–Crippen LogP) is 0.287. The fraction of sp³-hybridized carbons (Fsp3) is 0.455. The topological polar surface area (TPSA) is 87.3 Å². The van der Waals surface area contributed by atoms with Crippen LogP contribution in [-0.2, 0) is 9.84 Å². The molecule has 1 aliphatic rings. The molecule has 1 aromatic heterocycles. The minimum atomic E-state index is -3.05. The number of halogens is 1. The van der Waals surface area contributed by atoms with Gasteiger partial charge in [0, 0.05) is 19.3 Å². The van der Waals surface area contributed by atoms with Crippen molar-refractivity contribution in [1.82, 2.24) is 9.88 Å². The van der Waals surface area contributed by atoms with Crippen LogP contribution < -0.4 is 5.56 Å². The van der Waals surface area contributed by atoms with Crippen molar-refractivity contribution in [2.75, 3.05) is 18.6 Å². The van der Waals surface area contributed by atoms with Gasteiger partial charge in [0.1, 0.15) is 5.02 Å². The average molecular weight is 305 g/mol. The highest BCUT2D eigenvalue weighted by atomic mass is 35.5. The van der Waals surface area contributed by atoms with Gasteiger partial charge in [0.05, 0.1) is 17.1 Å². The van der Waals surface area contributed by atoms with Gasteiger partial charge in [0.15, 0.2) is 9.84 Å². The summed E-state index contributed by atoms with van der Waals surface area (Å²) in [6.07, 6.45) is 1.71. The van der Waals surface area contributed by atoms with E-state index in [1.165, 1.54) is 17.2 Å². The number of nitrogens with one attached hydrogen (secondary N) is 1. The van der Waals surface area contributed by atoms with Crippen molar-refractivity contribution in [3.8, 4) is 0 Å². The van der Waals surface area contributed by atoms with Gasteiger partial charge in [-0.05, 0) is 12.5 Å². The molecule has 8 heteroatoms. The zero-order valence-electron chi connectivity index (χ0n) is 10.2. The molecule has 19 heavy (non-hydrogen) atoms. The second kappa shape index (κ2) is 4.97. The highest BCUT2D eigenvalue weighted by Gasteiger charge is 2.33. The molecule has 2 heterocycles. The Morgan fingerprint density at radius 2 is 2.21 bits per heavy atom. The lowest BCUT2D eigenvalue weighted by molar-refractivity contribution is 0.0747. The summed E-state index contributed by atoms with van der Waals surface area (Å²) in [6.45, 7) is 0. The van der Waals surface area contributed by atoms with E-state index in [0.717, 1.165) is 0 Å². The van der Waals surface area contributed by atoms with Crippen molar-refractivity contribution < 1.29 is 13.2 Å². The number of carbonyl (C=O) groups is 1. The Hall–Kier alpha value is -1.34. The summed E-state index contributed by atoms with van der Waals surface area (Å²) < 4.78 is 22.8. The number of hydrogen-bond acceptors (Lipinski definition) is 4. The molecule has 0 bridgehead atoms. The van der Waals surface area contributed by atoms with E-state index < -0.39 is 15.4 Å². The van der Waals surface area contributed by atoms with Gasteiger partial charge >= 0.3 is 0 Å². The molecule has 104 valence electrons. The van der Waals surface area contributed by atoms with Crippen LogP contribution in [0.3, 0.4) is 0 Å². The van der Waals surface area contributed by atoms with Crippen molar-refractivity contribution >= 4 is 27.3 Å². The highest BCUT2D eigenvalue weighted by molar-refractivity contribution is 7.91. The Morgan fingerprint density at radius 3 is 2.74 bits per heavy atom. The fourth-order valence-electron chi connectivity index (χ4n) is 2.03. The van der Waals surface area contributed by atoms with E-state index in [4.69, 9.17) is 11.6 Å². The second-order valence-electron chi connectivity index (χ2n) is 4.54. The summed E-state index contributed by atoms with van der Waals surface area (Å²) in [7, 11) is -1.50.